The summed E-state index contributed by atoms with van der Waals surface area (Å²) in [5.74, 6) is 1.01. The quantitative estimate of drug-likeness (QED) is 0.284. The van der Waals surface area contributed by atoms with Gasteiger partial charge in [-0.3, -0.25) is 0 Å². The first kappa shape index (κ1) is 27.0. The number of amides is 1. The Balaban J connectivity index is 0.00000450. The lowest BCUT2D eigenvalue weighted by Gasteiger charge is -2.34. The van der Waals surface area contributed by atoms with Crippen LogP contribution in [-0.4, -0.2) is 60.4 Å². The van der Waals surface area contributed by atoms with E-state index in [2.05, 4.69) is 15.6 Å². The first-order valence-corrected chi connectivity index (χ1v) is 11.2. The molecule has 0 spiro atoms. The van der Waals surface area contributed by atoms with E-state index in [9.17, 15) is 9.90 Å². The van der Waals surface area contributed by atoms with Gasteiger partial charge in [-0.1, -0.05) is 6.07 Å². The van der Waals surface area contributed by atoms with Crippen molar-refractivity contribution in [2.45, 2.75) is 58.7 Å². The van der Waals surface area contributed by atoms with E-state index in [1.807, 2.05) is 45.2 Å². The number of carbonyl (C=O) groups is 1. The number of halogens is 1. The number of hydrogen-bond acceptors (Lipinski definition) is 5. The van der Waals surface area contributed by atoms with Gasteiger partial charge in [-0.2, -0.15) is 0 Å². The summed E-state index contributed by atoms with van der Waals surface area (Å²) in [4.78, 5) is 19.6. The van der Waals surface area contributed by atoms with Crippen LogP contribution in [0.3, 0.4) is 0 Å². The van der Waals surface area contributed by atoms with Crippen LogP contribution in [0.2, 0.25) is 0 Å². The van der Waals surface area contributed by atoms with Crippen molar-refractivity contribution in [2.24, 2.45) is 10.9 Å². The van der Waals surface area contributed by atoms with Crippen LogP contribution in [0.15, 0.2) is 22.5 Å². The molecule has 3 N–H and O–H groups in total. The fourth-order valence-electron chi connectivity index (χ4n) is 3.20. The van der Waals surface area contributed by atoms with Gasteiger partial charge in [0.2, 0.25) is 0 Å². The normalized spacial score (nSPS) is 19.5. The maximum Gasteiger partial charge on any atom is 0.410 e. The zero-order chi connectivity index (χ0) is 21.5. The fraction of sp³-hybridized carbons (Fsp3) is 0.714. The van der Waals surface area contributed by atoms with Crippen molar-refractivity contribution in [1.82, 2.24) is 15.5 Å². The number of rotatable bonds is 6. The molecular formula is C21H37IN4O3S. The number of likely N-dealkylation sites (tertiary alicyclic amines) is 1. The van der Waals surface area contributed by atoms with Crippen molar-refractivity contribution >= 4 is 47.4 Å². The van der Waals surface area contributed by atoms with Crippen molar-refractivity contribution in [2.75, 3.05) is 32.7 Å². The van der Waals surface area contributed by atoms with Crippen LogP contribution in [0.1, 0.15) is 52.3 Å². The van der Waals surface area contributed by atoms with E-state index in [0.29, 0.717) is 25.0 Å². The standard InChI is InChI=1S/C21H36N4O3S.HI/c1-6-22-18(24-15-21(5,27)17-10-8-12-29-17)23-13-16-9-7-11-25(14-16)19(26)28-20(2,3)4;/h8,10,12,16,27H,6-7,9,11,13-15H2,1-5H3,(H2,22,23,24);1H. The zero-order valence-corrected chi connectivity index (χ0v) is 21.9. The van der Waals surface area contributed by atoms with Crippen LogP contribution in [0.4, 0.5) is 4.79 Å². The molecule has 1 fully saturated rings. The molecule has 1 aliphatic heterocycles. The van der Waals surface area contributed by atoms with Gasteiger partial charge in [-0.25, -0.2) is 9.79 Å². The molecule has 0 radical (unpaired) electrons. The Labute approximate surface area is 201 Å². The number of nitrogens with zero attached hydrogens (tertiary/aromatic N) is 2. The average Bonchev–Trinajstić information content (AvgIpc) is 3.19. The van der Waals surface area contributed by atoms with E-state index >= 15 is 0 Å². The summed E-state index contributed by atoms with van der Waals surface area (Å²) in [6.45, 7) is 12.6. The second-order valence-electron chi connectivity index (χ2n) is 8.76. The highest BCUT2D eigenvalue weighted by molar-refractivity contribution is 14.0. The molecule has 2 unspecified atom stereocenters. The van der Waals surface area contributed by atoms with Gasteiger partial charge in [0.05, 0.1) is 6.54 Å². The smallest absolute Gasteiger partial charge is 0.410 e. The summed E-state index contributed by atoms with van der Waals surface area (Å²) < 4.78 is 5.50. The minimum absolute atomic E-state index is 0. The monoisotopic (exact) mass is 552 g/mol. The Morgan fingerprint density at radius 1 is 1.37 bits per heavy atom. The average molecular weight is 553 g/mol. The molecule has 0 saturated carbocycles. The molecule has 2 heterocycles. The molecule has 0 bridgehead atoms. The van der Waals surface area contributed by atoms with Crippen LogP contribution >= 0.6 is 35.3 Å². The number of carbonyl (C=O) groups excluding carboxylic acids is 1. The Bertz CT molecular complexity index is 674. The Morgan fingerprint density at radius 3 is 2.70 bits per heavy atom. The van der Waals surface area contributed by atoms with Gasteiger partial charge in [-0.05, 0) is 64.8 Å². The van der Waals surface area contributed by atoms with Gasteiger partial charge >= 0.3 is 6.09 Å². The Kier molecular flexibility index (Phi) is 10.9. The van der Waals surface area contributed by atoms with Crippen LogP contribution < -0.4 is 10.6 Å². The van der Waals surface area contributed by atoms with Crippen LogP contribution in [0.25, 0.3) is 0 Å². The number of thiophene rings is 1. The minimum atomic E-state index is -0.991. The topological polar surface area (TPSA) is 86.2 Å². The summed E-state index contributed by atoms with van der Waals surface area (Å²) in [5, 5.41) is 19.2. The van der Waals surface area contributed by atoms with Gasteiger partial charge in [0.1, 0.15) is 11.2 Å². The van der Waals surface area contributed by atoms with E-state index in [4.69, 9.17) is 4.74 Å². The third kappa shape index (κ3) is 8.97. The molecule has 0 aromatic carbocycles. The summed E-state index contributed by atoms with van der Waals surface area (Å²) in [6, 6.07) is 3.86. The number of aliphatic imine (C=N–C) groups is 1. The van der Waals surface area contributed by atoms with Crippen LogP contribution in [0.5, 0.6) is 0 Å². The molecule has 9 heteroatoms. The van der Waals surface area contributed by atoms with Crippen LogP contribution in [0, 0.1) is 5.92 Å². The molecule has 172 valence electrons. The van der Waals surface area contributed by atoms with Crippen LogP contribution in [-0.2, 0) is 10.3 Å². The number of nitrogens with one attached hydrogen (secondary N) is 2. The van der Waals surface area contributed by atoms with Gasteiger partial charge in [-0.15, -0.1) is 35.3 Å². The Hall–Kier alpha value is -1.07. The second kappa shape index (κ2) is 12.1. The first-order chi connectivity index (χ1) is 13.6. The molecule has 2 atom stereocenters. The number of ether oxygens (including phenoxy) is 1. The summed E-state index contributed by atoms with van der Waals surface area (Å²) in [5.41, 5.74) is -1.47. The van der Waals surface area contributed by atoms with Gasteiger partial charge < -0.3 is 25.4 Å². The lowest BCUT2D eigenvalue weighted by molar-refractivity contribution is 0.0168. The predicted octanol–water partition coefficient (Wildman–Crippen LogP) is 3.78. The van der Waals surface area contributed by atoms with Crippen molar-refractivity contribution in [1.29, 1.82) is 0 Å². The molecule has 2 rings (SSSR count). The molecular weight excluding hydrogens is 515 g/mol. The van der Waals surface area contributed by atoms with Crippen molar-refractivity contribution < 1.29 is 14.6 Å². The molecule has 1 aromatic heterocycles. The second-order valence-corrected chi connectivity index (χ2v) is 9.71. The lowest BCUT2D eigenvalue weighted by atomic mass is 9.98. The number of aliphatic hydroxyl groups is 1. The Morgan fingerprint density at radius 2 is 2.10 bits per heavy atom. The van der Waals surface area contributed by atoms with Gasteiger partial charge in [0.15, 0.2) is 5.96 Å². The lowest BCUT2D eigenvalue weighted by Crippen LogP contribution is -2.47. The number of guanidine groups is 1. The maximum atomic E-state index is 12.3. The van der Waals surface area contributed by atoms with E-state index < -0.39 is 11.2 Å². The SMILES string of the molecule is CCNC(=NCC(C)(O)c1cccs1)NCC1CCCN(C(=O)OC(C)(C)C)C1.I. The third-order valence-corrected chi connectivity index (χ3v) is 5.79. The van der Waals surface area contributed by atoms with Gasteiger partial charge in [0, 0.05) is 31.1 Å². The molecule has 7 nitrogen and oxygen atoms in total. The predicted molar refractivity (Wildman–Crippen MR) is 134 cm³/mol. The van der Waals surface area contributed by atoms with Crippen molar-refractivity contribution in [3.63, 3.8) is 0 Å². The fourth-order valence-corrected chi connectivity index (χ4v) is 3.98. The molecule has 1 saturated heterocycles. The largest absolute Gasteiger partial charge is 0.444 e. The molecule has 1 amide bonds. The molecule has 0 aliphatic carbocycles. The van der Waals surface area contributed by atoms with E-state index in [0.717, 1.165) is 30.8 Å². The minimum Gasteiger partial charge on any atom is -0.444 e. The van der Waals surface area contributed by atoms with E-state index in [1.165, 1.54) is 11.3 Å². The molecule has 1 aliphatic rings. The highest BCUT2D eigenvalue weighted by atomic mass is 127. The third-order valence-electron chi connectivity index (χ3n) is 4.67. The van der Waals surface area contributed by atoms with Crippen molar-refractivity contribution in [3.8, 4) is 0 Å². The number of piperidine rings is 1. The molecule has 30 heavy (non-hydrogen) atoms. The number of hydrogen-bond donors (Lipinski definition) is 3. The summed E-state index contributed by atoms with van der Waals surface area (Å²) >= 11 is 1.53. The summed E-state index contributed by atoms with van der Waals surface area (Å²) in [6.07, 6.45) is 1.78. The maximum absolute atomic E-state index is 12.3. The highest BCUT2D eigenvalue weighted by Crippen LogP contribution is 2.25. The zero-order valence-electron chi connectivity index (χ0n) is 18.7. The van der Waals surface area contributed by atoms with Crippen molar-refractivity contribution in [3.05, 3.63) is 22.4 Å². The highest BCUT2D eigenvalue weighted by Gasteiger charge is 2.28. The van der Waals surface area contributed by atoms with Gasteiger partial charge in [0.25, 0.3) is 0 Å². The van der Waals surface area contributed by atoms with E-state index in [-0.39, 0.29) is 36.6 Å². The first-order valence-electron chi connectivity index (χ1n) is 10.4. The van der Waals surface area contributed by atoms with E-state index in [1.54, 1.807) is 11.8 Å². The summed E-state index contributed by atoms with van der Waals surface area (Å²) in [7, 11) is 0. The molecule has 1 aromatic rings.